The van der Waals surface area contributed by atoms with Crippen LogP contribution in [0.1, 0.15) is 15.9 Å². The number of carbonyl (C=O) groups is 1. The topological polar surface area (TPSA) is 79.5 Å². The highest BCUT2D eigenvalue weighted by atomic mass is 79.9. The molecule has 3 N–H and O–H groups in total. The van der Waals surface area contributed by atoms with E-state index in [4.69, 9.17) is 5.73 Å². The molecule has 0 amide bonds. The first kappa shape index (κ1) is 14.3. The van der Waals surface area contributed by atoms with Gasteiger partial charge in [0.05, 0.1) is 11.9 Å². The number of nitrogen functional groups attached to an aromatic ring is 1. The van der Waals surface area contributed by atoms with Gasteiger partial charge in [-0.1, -0.05) is 34.1 Å². The average Bonchev–Trinajstić information content (AvgIpc) is 2.41. The van der Waals surface area contributed by atoms with Gasteiger partial charge in [0, 0.05) is 18.1 Å². The van der Waals surface area contributed by atoms with Crippen molar-refractivity contribution in [3.05, 3.63) is 52.1 Å². The van der Waals surface area contributed by atoms with Crippen LogP contribution in [-0.4, -0.2) is 23.1 Å². The van der Waals surface area contributed by atoms with E-state index in [0.717, 1.165) is 10.0 Å². The molecular formula is C14H14BrN3O2. The number of nitrogens with zero attached hydrogens (tertiary/aromatic N) is 2. The van der Waals surface area contributed by atoms with Crippen LogP contribution < -0.4 is 10.6 Å². The number of pyridine rings is 1. The second-order valence-electron chi connectivity index (χ2n) is 4.39. The Balaban J connectivity index is 2.32. The summed E-state index contributed by atoms with van der Waals surface area (Å²) in [7, 11) is 1.80. The predicted molar refractivity (Wildman–Crippen MR) is 81.9 cm³/mol. The maximum atomic E-state index is 11.3. The molecule has 104 valence electrons. The highest BCUT2D eigenvalue weighted by Gasteiger charge is 2.16. The van der Waals surface area contributed by atoms with E-state index in [9.17, 15) is 9.90 Å². The first-order valence-corrected chi connectivity index (χ1v) is 6.71. The second kappa shape index (κ2) is 5.92. The first-order valence-electron chi connectivity index (χ1n) is 5.92. The third-order valence-corrected chi connectivity index (χ3v) is 3.62. The molecular weight excluding hydrogens is 322 g/mol. The summed E-state index contributed by atoms with van der Waals surface area (Å²) < 4.78 is 0.971. The van der Waals surface area contributed by atoms with Gasteiger partial charge in [0.1, 0.15) is 11.4 Å². The summed E-state index contributed by atoms with van der Waals surface area (Å²) in [6.45, 7) is 0.540. The number of carboxylic acid groups (broad SMARTS) is 1. The van der Waals surface area contributed by atoms with E-state index >= 15 is 0 Å². The molecule has 0 aliphatic rings. The maximum Gasteiger partial charge on any atom is 0.339 e. The first-order chi connectivity index (χ1) is 9.49. The van der Waals surface area contributed by atoms with Crippen LogP contribution in [0.2, 0.25) is 0 Å². The van der Waals surface area contributed by atoms with Crippen molar-refractivity contribution in [2.45, 2.75) is 6.54 Å². The van der Waals surface area contributed by atoms with Crippen molar-refractivity contribution in [3.63, 3.8) is 0 Å². The fourth-order valence-electron chi connectivity index (χ4n) is 1.89. The van der Waals surface area contributed by atoms with Crippen LogP contribution in [-0.2, 0) is 6.54 Å². The SMILES string of the molecule is CN(Cc1ccccc1Br)c1ncc(N)cc1C(=O)O. The molecule has 1 aromatic carbocycles. The Labute approximate surface area is 125 Å². The van der Waals surface area contributed by atoms with E-state index < -0.39 is 5.97 Å². The van der Waals surface area contributed by atoms with Gasteiger partial charge in [-0.25, -0.2) is 9.78 Å². The maximum absolute atomic E-state index is 11.3. The Kier molecular flexibility index (Phi) is 4.24. The number of halogens is 1. The van der Waals surface area contributed by atoms with E-state index in [2.05, 4.69) is 20.9 Å². The summed E-state index contributed by atoms with van der Waals surface area (Å²) in [5, 5.41) is 9.23. The molecule has 0 saturated heterocycles. The monoisotopic (exact) mass is 335 g/mol. The van der Waals surface area contributed by atoms with E-state index in [1.165, 1.54) is 12.3 Å². The lowest BCUT2D eigenvalue weighted by molar-refractivity contribution is 0.0697. The van der Waals surface area contributed by atoms with Crippen molar-refractivity contribution in [1.82, 2.24) is 4.98 Å². The Bertz CT molecular complexity index is 646. The van der Waals surface area contributed by atoms with Crippen LogP contribution in [0.4, 0.5) is 11.5 Å². The zero-order valence-corrected chi connectivity index (χ0v) is 12.5. The van der Waals surface area contributed by atoms with Gasteiger partial charge < -0.3 is 15.7 Å². The zero-order chi connectivity index (χ0) is 14.7. The Morgan fingerprint density at radius 3 is 2.80 bits per heavy atom. The number of benzene rings is 1. The lowest BCUT2D eigenvalue weighted by Gasteiger charge is -2.20. The Morgan fingerprint density at radius 1 is 1.45 bits per heavy atom. The summed E-state index contributed by atoms with van der Waals surface area (Å²) in [5.41, 5.74) is 7.07. The highest BCUT2D eigenvalue weighted by Crippen LogP contribution is 2.23. The molecule has 0 unspecified atom stereocenters. The molecule has 0 radical (unpaired) electrons. The number of anilines is 2. The summed E-state index contributed by atoms with van der Waals surface area (Å²) in [6.07, 6.45) is 1.46. The molecule has 0 aliphatic heterocycles. The molecule has 0 saturated carbocycles. The average molecular weight is 336 g/mol. The third kappa shape index (κ3) is 3.08. The van der Waals surface area contributed by atoms with Crippen LogP contribution >= 0.6 is 15.9 Å². The van der Waals surface area contributed by atoms with Crippen LogP contribution in [0.3, 0.4) is 0 Å². The van der Waals surface area contributed by atoms with Crippen LogP contribution in [0.25, 0.3) is 0 Å². The predicted octanol–water partition coefficient (Wildman–Crippen LogP) is 2.76. The van der Waals surface area contributed by atoms with E-state index in [1.807, 2.05) is 24.3 Å². The molecule has 2 rings (SSSR count). The smallest absolute Gasteiger partial charge is 0.339 e. The summed E-state index contributed by atoms with van der Waals surface area (Å²) >= 11 is 3.47. The lowest BCUT2D eigenvalue weighted by atomic mass is 10.2. The molecule has 2 aromatic rings. The van der Waals surface area contributed by atoms with Crippen molar-refractivity contribution in [1.29, 1.82) is 0 Å². The fraction of sp³-hybridized carbons (Fsp3) is 0.143. The minimum Gasteiger partial charge on any atom is -0.478 e. The van der Waals surface area contributed by atoms with E-state index in [-0.39, 0.29) is 5.56 Å². The second-order valence-corrected chi connectivity index (χ2v) is 5.25. The van der Waals surface area contributed by atoms with E-state index in [0.29, 0.717) is 18.1 Å². The van der Waals surface area contributed by atoms with Crippen LogP contribution in [0.15, 0.2) is 41.0 Å². The molecule has 6 heteroatoms. The number of hydrogen-bond donors (Lipinski definition) is 2. The number of nitrogens with two attached hydrogens (primary N) is 1. The van der Waals surface area contributed by atoms with Crippen LogP contribution in [0, 0.1) is 0 Å². The van der Waals surface area contributed by atoms with Crippen molar-refractivity contribution < 1.29 is 9.90 Å². The molecule has 0 atom stereocenters. The van der Waals surface area contributed by atoms with Crippen LogP contribution in [0.5, 0.6) is 0 Å². The molecule has 1 heterocycles. The number of rotatable bonds is 4. The van der Waals surface area contributed by atoms with Crippen molar-refractivity contribution >= 4 is 33.4 Å². The van der Waals surface area contributed by atoms with Gasteiger partial charge in [-0.05, 0) is 17.7 Å². The molecule has 20 heavy (non-hydrogen) atoms. The molecule has 5 nitrogen and oxygen atoms in total. The van der Waals surface area contributed by atoms with E-state index in [1.54, 1.807) is 11.9 Å². The van der Waals surface area contributed by atoms with Gasteiger partial charge in [-0.15, -0.1) is 0 Å². The molecule has 1 aromatic heterocycles. The van der Waals surface area contributed by atoms with Gasteiger partial charge in [-0.2, -0.15) is 0 Å². The largest absolute Gasteiger partial charge is 0.478 e. The fourth-order valence-corrected chi connectivity index (χ4v) is 2.30. The molecule has 0 aliphatic carbocycles. The lowest BCUT2D eigenvalue weighted by Crippen LogP contribution is -2.21. The molecule has 0 spiro atoms. The van der Waals surface area contributed by atoms with Crippen molar-refractivity contribution in [2.24, 2.45) is 0 Å². The number of aromatic carboxylic acids is 1. The highest BCUT2D eigenvalue weighted by molar-refractivity contribution is 9.10. The normalized spacial score (nSPS) is 10.3. The zero-order valence-electron chi connectivity index (χ0n) is 10.9. The Hall–Kier alpha value is -2.08. The Morgan fingerprint density at radius 2 is 2.15 bits per heavy atom. The van der Waals surface area contributed by atoms with Gasteiger partial charge >= 0.3 is 5.97 Å². The molecule has 0 bridgehead atoms. The number of aromatic nitrogens is 1. The number of hydrogen-bond acceptors (Lipinski definition) is 4. The standard InChI is InChI=1S/C14H14BrN3O2/c1-18(8-9-4-2-3-5-12(9)15)13-11(14(19)20)6-10(16)7-17-13/h2-7H,8,16H2,1H3,(H,19,20). The quantitative estimate of drug-likeness (QED) is 0.897. The third-order valence-electron chi connectivity index (χ3n) is 2.85. The summed E-state index contributed by atoms with van der Waals surface area (Å²) in [6, 6.07) is 9.19. The minimum absolute atomic E-state index is 0.0968. The van der Waals surface area contributed by atoms with Gasteiger partial charge in [0.15, 0.2) is 0 Å². The van der Waals surface area contributed by atoms with Gasteiger partial charge in [0.2, 0.25) is 0 Å². The minimum atomic E-state index is -1.04. The van der Waals surface area contributed by atoms with Crippen molar-refractivity contribution in [3.8, 4) is 0 Å². The summed E-state index contributed by atoms with van der Waals surface area (Å²) in [5.74, 6) is -0.652. The van der Waals surface area contributed by atoms with Gasteiger partial charge in [0.25, 0.3) is 0 Å². The van der Waals surface area contributed by atoms with Crippen molar-refractivity contribution in [2.75, 3.05) is 17.7 Å². The van der Waals surface area contributed by atoms with Gasteiger partial charge in [-0.3, -0.25) is 0 Å². The number of carboxylic acids is 1. The summed E-state index contributed by atoms with van der Waals surface area (Å²) in [4.78, 5) is 17.2. The molecule has 0 fully saturated rings.